The summed E-state index contributed by atoms with van der Waals surface area (Å²) < 4.78 is 20.2. The molecule has 1 fully saturated rings. The number of hydrogen-bond donors (Lipinski definition) is 1. The van der Waals surface area contributed by atoms with Gasteiger partial charge in [-0.1, -0.05) is 24.3 Å². The number of hydrogen-bond acceptors (Lipinski definition) is 6. The number of anilines is 2. The number of rotatable bonds is 4. The highest BCUT2D eigenvalue weighted by molar-refractivity contribution is 5.94. The highest BCUT2D eigenvalue weighted by Gasteiger charge is 2.25. The minimum atomic E-state index is -0.203. The third kappa shape index (κ3) is 3.43. The summed E-state index contributed by atoms with van der Waals surface area (Å²) in [6.07, 6.45) is 3.07. The van der Waals surface area contributed by atoms with Gasteiger partial charge in [0.25, 0.3) is 0 Å². The number of nitrogens with two attached hydrogens (primary N) is 1. The summed E-state index contributed by atoms with van der Waals surface area (Å²) in [5, 5.41) is 1.54. The Kier molecular flexibility index (Phi) is 4.90. The second kappa shape index (κ2) is 7.72. The number of halogens is 1. The number of ether oxygens (including phenoxy) is 1. The monoisotopic (exact) mass is 407 g/mol. The molecule has 6 nitrogen and oxygen atoms in total. The fourth-order valence-corrected chi connectivity index (χ4v) is 4.59. The lowest BCUT2D eigenvalue weighted by atomic mass is 10.0. The van der Waals surface area contributed by atoms with Crippen LogP contribution >= 0.6 is 0 Å². The van der Waals surface area contributed by atoms with Gasteiger partial charge in [0.05, 0.1) is 12.2 Å². The van der Waals surface area contributed by atoms with Crippen molar-refractivity contribution in [2.45, 2.75) is 31.8 Å². The summed E-state index contributed by atoms with van der Waals surface area (Å²) >= 11 is 0. The van der Waals surface area contributed by atoms with E-state index < -0.39 is 0 Å². The van der Waals surface area contributed by atoms with Gasteiger partial charge in [-0.05, 0) is 45.0 Å². The van der Waals surface area contributed by atoms with Crippen molar-refractivity contribution < 1.29 is 9.13 Å². The molecule has 0 unspecified atom stereocenters. The molecule has 5 rings (SSSR count). The first-order valence-electron chi connectivity index (χ1n) is 10.5. The normalized spacial score (nSPS) is 19.3. The van der Waals surface area contributed by atoms with E-state index in [4.69, 9.17) is 10.5 Å². The van der Waals surface area contributed by atoms with Crippen LogP contribution in [-0.4, -0.2) is 47.7 Å². The van der Waals surface area contributed by atoms with Crippen LogP contribution in [0.5, 0.6) is 6.01 Å². The smallest absolute Gasteiger partial charge is 0.318 e. The zero-order valence-electron chi connectivity index (χ0n) is 17.1. The first-order chi connectivity index (χ1) is 14.6. The van der Waals surface area contributed by atoms with Gasteiger partial charge < -0.3 is 20.3 Å². The van der Waals surface area contributed by atoms with E-state index in [0.29, 0.717) is 36.4 Å². The lowest BCUT2D eigenvalue weighted by Gasteiger charge is -2.31. The Morgan fingerprint density at radius 2 is 1.97 bits per heavy atom. The molecule has 0 spiro atoms. The molecule has 1 atom stereocenters. The first-order valence-corrected chi connectivity index (χ1v) is 10.5. The topological polar surface area (TPSA) is 67.5 Å². The van der Waals surface area contributed by atoms with E-state index in [-0.39, 0.29) is 5.82 Å². The van der Waals surface area contributed by atoms with Crippen molar-refractivity contribution in [3.63, 3.8) is 0 Å². The Morgan fingerprint density at radius 3 is 2.77 bits per heavy atom. The predicted octanol–water partition coefficient (Wildman–Crippen LogP) is 3.39. The van der Waals surface area contributed by atoms with Crippen LogP contribution in [0.15, 0.2) is 36.4 Å². The van der Waals surface area contributed by atoms with Crippen molar-refractivity contribution in [1.29, 1.82) is 0 Å². The molecule has 1 aromatic heterocycles. The summed E-state index contributed by atoms with van der Waals surface area (Å²) in [5.74, 6) is 0.296. The van der Waals surface area contributed by atoms with E-state index in [2.05, 4.69) is 26.8 Å². The molecule has 7 heteroatoms. The van der Waals surface area contributed by atoms with Crippen LogP contribution in [0, 0.1) is 5.82 Å². The molecule has 0 aliphatic carbocycles. The van der Waals surface area contributed by atoms with Crippen molar-refractivity contribution in [2.75, 3.05) is 37.4 Å². The molecule has 2 aliphatic rings. The van der Waals surface area contributed by atoms with Crippen LogP contribution in [0.4, 0.5) is 15.9 Å². The number of likely N-dealkylation sites (tertiary alicyclic amines) is 1. The Hall–Kier alpha value is -2.93. The maximum Gasteiger partial charge on any atom is 0.318 e. The molecule has 0 bridgehead atoms. The van der Waals surface area contributed by atoms with Gasteiger partial charge in [-0.25, -0.2) is 4.39 Å². The van der Waals surface area contributed by atoms with E-state index in [0.717, 1.165) is 48.3 Å². The molecule has 2 aliphatic heterocycles. The fraction of sp³-hybridized carbons (Fsp3) is 0.391. The summed E-state index contributed by atoms with van der Waals surface area (Å²) in [6.45, 7) is 3.05. The molecule has 2 N–H and O–H groups in total. The maximum absolute atomic E-state index is 14.2. The Morgan fingerprint density at radius 1 is 1.13 bits per heavy atom. The minimum absolute atomic E-state index is 0.203. The average molecular weight is 407 g/mol. The molecule has 30 heavy (non-hydrogen) atoms. The van der Waals surface area contributed by atoms with Gasteiger partial charge in [0, 0.05) is 34.6 Å². The minimum Gasteiger partial charge on any atom is -0.462 e. The van der Waals surface area contributed by atoms with Gasteiger partial charge in [0.2, 0.25) is 0 Å². The molecule has 156 valence electrons. The molecular weight excluding hydrogens is 381 g/mol. The van der Waals surface area contributed by atoms with Crippen molar-refractivity contribution in [3.8, 4) is 6.01 Å². The second-order valence-electron chi connectivity index (χ2n) is 8.19. The zero-order chi connectivity index (χ0) is 20.7. The summed E-state index contributed by atoms with van der Waals surface area (Å²) in [5.41, 5.74) is 9.12. The van der Waals surface area contributed by atoms with Crippen molar-refractivity contribution in [1.82, 2.24) is 14.9 Å². The lowest BCUT2D eigenvalue weighted by molar-refractivity contribution is 0.187. The van der Waals surface area contributed by atoms with Gasteiger partial charge in [-0.3, -0.25) is 0 Å². The molecule has 0 amide bonds. The van der Waals surface area contributed by atoms with E-state index in [1.165, 1.54) is 12.5 Å². The molecule has 0 saturated carbocycles. The van der Waals surface area contributed by atoms with Crippen LogP contribution in [0.1, 0.15) is 24.1 Å². The number of nitrogen functional groups attached to an aromatic ring is 1. The zero-order valence-corrected chi connectivity index (χ0v) is 17.1. The summed E-state index contributed by atoms with van der Waals surface area (Å²) in [4.78, 5) is 13.6. The van der Waals surface area contributed by atoms with Crippen LogP contribution < -0.4 is 15.4 Å². The average Bonchev–Trinajstić information content (AvgIpc) is 3.17. The largest absolute Gasteiger partial charge is 0.462 e. The van der Waals surface area contributed by atoms with E-state index in [1.807, 2.05) is 30.3 Å². The summed E-state index contributed by atoms with van der Waals surface area (Å²) in [6, 6.07) is 11.7. The molecule has 3 heterocycles. The molecular formula is C23H26FN5O. The first kappa shape index (κ1) is 19.1. The van der Waals surface area contributed by atoms with Crippen molar-refractivity contribution in [2.24, 2.45) is 0 Å². The number of fused-ring (bicyclic) bond motifs is 2. The highest BCUT2D eigenvalue weighted by Crippen LogP contribution is 2.33. The van der Waals surface area contributed by atoms with E-state index in [1.54, 1.807) is 0 Å². The van der Waals surface area contributed by atoms with Gasteiger partial charge in [-0.2, -0.15) is 9.97 Å². The third-order valence-corrected chi connectivity index (χ3v) is 6.34. The Labute approximate surface area is 175 Å². The van der Waals surface area contributed by atoms with Crippen LogP contribution in [0.25, 0.3) is 10.8 Å². The predicted molar refractivity (Wildman–Crippen MR) is 116 cm³/mol. The highest BCUT2D eigenvalue weighted by atomic mass is 19.1. The molecule has 0 radical (unpaired) electrons. The van der Waals surface area contributed by atoms with E-state index in [9.17, 15) is 4.39 Å². The van der Waals surface area contributed by atoms with Gasteiger partial charge in [-0.15, -0.1) is 0 Å². The number of nitrogens with zero attached hydrogens (tertiary/aromatic N) is 4. The van der Waals surface area contributed by atoms with Crippen LogP contribution in [0.3, 0.4) is 0 Å². The third-order valence-electron chi connectivity index (χ3n) is 6.34. The quantitative estimate of drug-likeness (QED) is 0.715. The van der Waals surface area contributed by atoms with Crippen LogP contribution in [-0.2, 0) is 13.0 Å². The van der Waals surface area contributed by atoms with E-state index >= 15 is 0 Å². The van der Waals surface area contributed by atoms with Gasteiger partial charge in [0.1, 0.15) is 18.2 Å². The number of aromatic nitrogens is 2. The Bertz CT molecular complexity index is 1090. The molecule has 2 aromatic carbocycles. The standard InChI is InChI=1S/C23H26FN5O/c1-28-11-4-5-15(28)14-30-23-26-20-13-29(12-10-18(20)22(25)27-23)21-9-8-19(24)16-6-2-3-7-17(16)21/h2-3,6-9,15H,4-5,10-14H2,1H3,(H2,25,26,27)/t15-/m0/s1. The number of benzene rings is 2. The molecule has 1 saturated heterocycles. The van der Waals surface area contributed by atoms with Gasteiger partial charge in [0.15, 0.2) is 0 Å². The Balaban J connectivity index is 1.41. The lowest BCUT2D eigenvalue weighted by Crippen LogP contribution is -2.33. The van der Waals surface area contributed by atoms with Crippen LogP contribution in [0.2, 0.25) is 0 Å². The van der Waals surface area contributed by atoms with Crippen molar-refractivity contribution in [3.05, 3.63) is 53.5 Å². The molecule has 3 aromatic rings. The second-order valence-corrected chi connectivity index (χ2v) is 8.19. The van der Waals surface area contributed by atoms with Gasteiger partial charge >= 0.3 is 6.01 Å². The number of likely N-dealkylation sites (N-methyl/N-ethyl adjacent to an activating group) is 1. The summed E-state index contributed by atoms with van der Waals surface area (Å²) in [7, 11) is 2.12. The SMILES string of the molecule is CN1CCC[C@H]1COc1nc(N)c2c(n1)CN(c1ccc(F)c3ccccc13)CC2. The maximum atomic E-state index is 14.2. The fourth-order valence-electron chi connectivity index (χ4n) is 4.59. The van der Waals surface area contributed by atoms with Crippen molar-refractivity contribution >= 4 is 22.3 Å².